The lowest BCUT2D eigenvalue weighted by atomic mass is 10.1. The van der Waals surface area contributed by atoms with Crippen molar-refractivity contribution in [1.82, 2.24) is 10.6 Å². The second-order valence-electron chi connectivity index (χ2n) is 5.63. The van der Waals surface area contributed by atoms with Crippen LogP contribution < -0.4 is 10.6 Å². The number of ether oxygens (including phenoxy) is 1. The number of carbonyl (C=O) groups is 1. The number of amides is 1. The van der Waals surface area contributed by atoms with Crippen molar-refractivity contribution in [2.24, 2.45) is 5.92 Å². The van der Waals surface area contributed by atoms with Gasteiger partial charge >= 0.3 is 0 Å². The fraction of sp³-hybridized carbons (Fsp3) is 0.923. The number of hydrogen-bond acceptors (Lipinski definition) is 3. The fourth-order valence-electron chi connectivity index (χ4n) is 3.08. The van der Waals surface area contributed by atoms with Gasteiger partial charge in [-0.25, -0.2) is 0 Å². The molecule has 0 radical (unpaired) electrons. The Bertz CT molecular complexity index is 285. The van der Waals surface area contributed by atoms with Gasteiger partial charge in [-0.1, -0.05) is 0 Å². The average molecular weight is 238 g/mol. The summed E-state index contributed by atoms with van der Waals surface area (Å²) in [6, 6.07) is 0.674. The molecule has 3 rings (SSSR count). The third-order valence-electron chi connectivity index (χ3n) is 4.16. The van der Waals surface area contributed by atoms with Crippen LogP contribution in [0.4, 0.5) is 0 Å². The van der Waals surface area contributed by atoms with Crippen LogP contribution in [0, 0.1) is 5.92 Å². The normalized spacial score (nSPS) is 37.3. The predicted octanol–water partition coefficient (Wildman–Crippen LogP) is 0.812. The molecule has 0 aromatic rings. The lowest BCUT2D eigenvalue weighted by Gasteiger charge is -2.20. The molecule has 0 spiro atoms. The van der Waals surface area contributed by atoms with E-state index in [9.17, 15) is 4.79 Å². The summed E-state index contributed by atoms with van der Waals surface area (Å²) in [6.45, 7) is 1.88. The maximum atomic E-state index is 11.9. The SMILES string of the molecule is O=C(CC1CCCN1)NC1CCOC1C1CC1. The monoisotopic (exact) mass is 238 g/mol. The van der Waals surface area contributed by atoms with E-state index < -0.39 is 0 Å². The number of carbonyl (C=O) groups excluding carboxylic acids is 1. The molecule has 2 aliphatic heterocycles. The van der Waals surface area contributed by atoms with E-state index in [1.54, 1.807) is 0 Å². The molecule has 1 aliphatic carbocycles. The first-order valence-corrected chi connectivity index (χ1v) is 6.97. The standard InChI is InChI=1S/C13H22N2O2/c16-12(8-10-2-1-6-14-10)15-11-5-7-17-13(11)9-3-4-9/h9-11,13-14H,1-8H2,(H,15,16). The Labute approximate surface area is 102 Å². The van der Waals surface area contributed by atoms with Crippen molar-refractivity contribution < 1.29 is 9.53 Å². The van der Waals surface area contributed by atoms with Crippen molar-refractivity contribution in [2.45, 2.75) is 56.7 Å². The lowest BCUT2D eigenvalue weighted by Crippen LogP contribution is -2.43. The van der Waals surface area contributed by atoms with Crippen LogP contribution in [0.5, 0.6) is 0 Å². The van der Waals surface area contributed by atoms with E-state index in [-0.39, 0.29) is 11.9 Å². The molecule has 1 amide bonds. The van der Waals surface area contributed by atoms with Gasteiger partial charge in [-0.05, 0) is 44.6 Å². The van der Waals surface area contributed by atoms with Gasteiger partial charge in [-0.3, -0.25) is 4.79 Å². The predicted molar refractivity (Wildman–Crippen MR) is 64.7 cm³/mol. The Balaban J connectivity index is 1.46. The van der Waals surface area contributed by atoms with Crippen LogP contribution in [0.1, 0.15) is 38.5 Å². The van der Waals surface area contributed by atoms with Crippen LogP contribution in [0.15, 0.2) is 0 Å². The second-order valence-corrected chi connectivity index (χ2v) is 5.63. The van der Waals surface area contributed by atoms with E-state index in [1.165, 1.54) is 19.3 Å². The van der Waals surface area contributed by atoms with E-state index in [1.807, 2.05) is 0 Å². The Morgan fingerprint density at radius 1 is 1.29 bits per heavy atom. The van der Waals surface area contributed by atoms with E-state index in [0.717, 1.165) is 26.0 Å². The molecule has 4 nitrogen and oxygen atoms in total. The van der Waals surface area contributed by atoms with Gasteiger partial charge in [0.25, 0.3) is 0 Å². The minimum atomic E-state index is 0.200. The van der Waals surface area contributed by atoms with Gasteiger partial charge in [0.2, 0.25) is 5.91 Å². The Morgan fingerprint density at radius 2 is 2.18 bits per heavy atom. The fourth-order valence-corrected chi connectivity index (χ4v) is 3.08. The third kappa shape index (κ3) is 2.80. The summed E-state index contributed by atoms with van der Waals surface area (Å²) in [5.41, 5.74) is 0. The molecule has 3 aliphatic rings. The molecule has 1 saturated carbocycles. The van der Waals surface area contributed by atoms with Crippen LogP contribution in [0.2, 0.25) is 0 Å². The zero-order valence-corrected chi connectivity index (χ0v) is 10.3. The summed E-state index contributed by atoms with van der Waals surface area (Å²) in [4.78, 5) is 11.9. The van der Waals surface area contributed by atoms with Crippen LogP contribution in [-0.2, 0) is 9.53 Å². The highest BCUT2D eigenvalue weighted by Crippen LogP contribution is 2.38. The van der Waals surface area contributed by atoms with Crippen molar-refractivity contribution in [3.63, 3.8) is 0 Å². The summed E-state index contributed by atoms with van der Waals surface area (Å²) >= 11 is 0. The van der Waals surface area contributed by atoms with E-state index in [4.69, 9.17) is 4.74 Å². The summed E-state index contributed by atoms with van der Waals surface area (Å²) in [6.07, 6.45) is 6.83. The van der Waals surface area contributed by atoms with Crippen molar-refractivity contribution in [3.8, 4) is 0 Å². The molecular formula is C13H22N2O2. The average Bonchev–Trinajstić information content (AvgIpc) is 2.84. The quantitative estimate of drug-likeness (QED) is 0.762. The molecule has 2 heterocycles. The van der Waals surface area contributed by atoms with Gasteiger partial charge < -0.3 is 15.4 Å². The summed E-state index contributed by atoms with van der Waals surface area (Å²) in [5.74, 6) is 0.915. The van der Waals surface area contributed by atoms with Crippen molar-refractivity contribution >= 4 is 5.91 Å². The van der Waals surface area contributed by atoms with Gasteiger partial charge in [0.1, 0.15) is 0 Å². The smallest absolute Gasteiger partial charge is 0.221 e. The minimum Gasteiger partial charge on any atom is -0.376 e. The molecule has 4 heteroatoms. The summed E-state index contributed by atoms with van der Waals surface area (Å²) in [5, 5.41) is 6.54. The summed E-state index contributed by atoms with van der Waals surface area (Å²) < 4.78 is 5.73. The van der Waals surface area contributed by atoms with Gasteiger partial charge in [-0.2, -0.15) is 0 Å². The maximum absolute atomic E-state index is 11.9. The molecule has 17 heavy (non-hydrogen) atoms. The van der Waals surface area contributed by atoms with Crippen molar-refractivity contribution in [2.75, 3.05) is 13.2 Å². The summed E-state index contributed by atoms with van der Waals surface area (Å²) in [7, 11) is 0. The largest absolute Gasteiger partial charge is 0.376 e. The van der Waals surface area contributed by atoms with Crippen LogP contribution in [-0.4, -0.2) is 37.2 Å². The van der Waals surface area contributed by atoms with Gasteiger partial charge in [0, 0.05) is 19.1 Å². The lowest BCUT2D eigenvalue weighted by molar-refractivity contribution is -0.122. The van der Waals surface area contributed by atoms with Crippen LogP contribution in [0.3, 0.4) is 0 Å². The first-order chi connectivity index (χ1) is 8.33. The van der Waals surface area contributed by atoms with Crippen molar-refractivity contribution in [1.29, 1.82) is 0 Å². The highest BCUT2D eigenvalue weighted by Gasteiger charge is 2.41. The van der Waals surface area contributed by atoms with Crippen LogP contribution >= 0.6 is 0 Å². The first kappa shape index (κ1) is 11.5. The topological polar surface area (TPSA) is 50.4 Å². The molecule has 96 valence electrons. The minimum absolute atomic E-state index is 0.200. The molecule has 2 N–H and O–H groups in total. The molecular weight excluding hydrogens is 216 g/mol. The van der Waals surface area contributed by atoms with Gasteiger partial charge in [-0.15, -0.1) is 0 Å². The Hall–Kier alpha value is -0.610. The highest BCUT2D eigenvalue weighted by atomic mass is 16.5. The number of rotatable bonds is 4. The molecule has 3 atom stereocenters. The first-order valence-electron chi connectivity index (χ1n) is 6.97. The highest BCUT2D eigenvalue weighted by molar-refractivity contribution is 5.77. The maximum Gasteiger partial charge on any atom is 0.221 e. The Morgan fingerprint density at radius 3 is 2.88 bits per heavy atom. The molecule has 0 aromatic heterocycles. The van der Waals surface area contributed by atoms with Crippen molar-refractivity contribution in [3.05, 3.63) is 0 Å². The zero-order valence-electron chi connectivity index (χ0n) is 10.3. The van der Waals surface area contributed by atoms with Gasteiger partial charge in [0.05, 0.1) is 12.1 Å². The zero-order chi connectivity index (χ0) is 11.7. The Kier molecular flexibility index (Phi) is 3.34. The van der Waals surface area contributed by atoms with E-state index >= 15 is 0 Å². The molecule has 3 unspecified atom stereocenters. The van der Waals surface area contributed by atoms with Gasteiger partial charge in [0.15, 0.2) is 0 Å². The molecule has 2 saturated heterocycles. The molecule has 0 bridgehead atoms. The van der Waals surface area contributed by atoms with E-state index in [2.05, 4.69) is 10.6 Å². The number of hydrogen-bond donors (Lipinski definition) is 2. The third-order valence-corrected chi connectivity index (χ3v) is 4.16. The molecule has 3 fully saturated rings. The van der Waals surface area contributed by atoms with E-state index in [0.29, 0.717) is 24.5 Å². The molecule has 0 aromatic carbocycles. The second kappa shape index (κ2) is 4.94. The number of nitrogens with one attached hydrogen (secondary N) is 2. The van der Waals surface area contributed by atoms with Crippen LogP contribution in [0.25, 0.3) is 0 Å².